The van der Waals surface area contributed by atoms with Crippen molar-refractivity contribution in [3.8, 4) is 5.75 Å². The van der Waals surface area contributed by atoms with Crippen LogP contribution in [0.15, 0.2) is 24.3 Å². The zero-order valence-electron chi connectivity index (χ0n) is 14.2. The molecule has 5 heteroatoms. The van der Waals surface area contributed by atoms with Gasteiger partial charge in [0.1, 0.15) is 12.4 Å². The average molecular weight is 330 g/mol. The first-order chi connectivity index (χ1) is 11.7. The van der Waals surface area contributed by atoms with E-state index < -0.39 is 0 Å². The summed E-state index contributed by atoms with van der Waals surface area (Å²) in [4.78, 5) is 17.1. The van der Waals surface area contributed by atoms with E-state index in [1.807, 2.05) is 18.2 Å². The number of likely N-dealkylation sites (tertiary alicyclic amines) is 1. The van der Waals surface area contributed by atoms with Crippen molar-refractivity contribution in [1.29, 1.82) is 0 Å². The number of piperidine rings is 1. The third-order valence-corrected chi connectivity index (χ3v) is 5.59. The minimum atomic E-state index is 0.225. The van der Waals surface area contributed by atoms with Crippen LogP contribution in [0.2, 0.25) is 0 Å². The largest absolute Gasteiger partial charge is 0.492 e. The van der Waals surface area contributed by atoms with Crippen LogP contribution in [0.25, 0.3) is 0 Å². The molecule has 4 rings (SSSR count). The zero-order valence-corrected chi connectivity index (χ0v) is 14.2. The Bertz CT molecular complexity index is 598. The molecule has 1 aromatic rings. The fraction of sp³-hybridized carbons (Fsp3) is 0.632. The van der Waals surface area contributed by atoms with Crippen molar-refractivity contribution in [2.75, 3.05) is 46.0 Å². The molecule has 1 spiro atoms. The third-order valence-electron chi connectivity index (χ3n) is 5.59. The normalized spacial score (nSPS) is 27.6. The Morgan fingerprint density at radius 3 is 2.96 bits per heavy atom. The minimum absolute atomic E-state index is 0.225. The summed E-state index contributed by atoms with van der Waals surface area (Å²) in [7, 11) is 0. The number of fused-ring (bicyclic) bond motifs is 1. The Balaban J connectivity index is 1.39. The predicted octanol–water partition coefficient (Wildman–Crippen LogP) is 1.91. The second-order valence-corrected chi connectivity index (χ2v) is 7.39. The highest BCUT2D eigenvalue weighted by atomic mass is 16.5. The Hall–Kier alpha value is -1.59. The number of nitrogens with zero attached hydrogens (tertiary/aromatic N) is 2. The summed E-state index contributed by atoms with van der Waals surface area (Å²) in [6, 6.07) is 8.12. The van der Waals surface area contributed by atoms with Crippen LogP contribution in [0.5, 0.6) is 5.75 Å². The van der Waals surface area contributed by atoms with Crippen LogP contribution in [0.1, 0.15) is 24.8 Å². The summed E-state index contributed by atoms with van der Waals surface area (Å²) in [6.07, 6.45) is 3.39. The van der Waals surface area contributed by atoms with Gasteiger partial charge in [-0.25, -0.2) is 0 Å². The molecule has 1 atom stereocenters. The predicted molar refractivity (Wildman–Crippen MR) is 90.9 cm³/mol. The molecule has 3 heterocycles. The first kappa shape index (κ1) is 15.9. The van der Waals surface area contributed by atoms with Crippen LogP contribution in [0.3, 0.4) is 0 Å². The van der Waals surface area contributed by atoms with E-state index in [1.165, 1.54) is 12.0 Å². The number of ether oxygens (including phenoxy) is 2. The van der Waals surface area contributed by atoms with Gasteiger partial charge >= 0.3 is 0 Å². The lowest BCUT2D eigenvalue weighted by molar-refractivity contribution is -0.136. The molecule has 24 heavy (non-hydrogen) atoms. The van der Waals surface area contributed by atoms with Crippen LogP contribution < -0.4 is 4.74 Å². The number of rotatable bonds is 2. The molecule has 0 N–H and O–H groups in total. The molecule has 0 saturated carbocycles. The van der Waals surface area contributed by atoms with Crippen molar-refractivity contribution < 1.29 is 14.3 Å². The smallest absolute Gasteiger partial charge is 0.236 e. The molecule has 2 saturated heterocycles. The summed E-state index contributed by atoms with van der Waals surface area (Å²) in [5.74, 6) is 1.20. The number of amides is 1. The second kappa shape index (κ2) is 6.73. The quantitative estimate of drug-likeness (QED) is 0.831. The molecule has 5 nitrogen and oxygen atoms in total. The molecule has 1 aromatic carbocycles. The third kappa shape index (κ3) is 3.28. The highest BCUT2D eigenvalue weighted by Gasteiger charge is 2.40. The lowest BCUT2D eigenvalue weighted by Crippen LogP contribution is -2.49. The van der Waals surface area contributed by atoms with Crippen LogP contribution >= 0.6 is 0 Å². The van der Waals surface area contributed by atoms with Gasteiger partial charge in [0.05, 0.1) is 13.2 Å². The van der Waals surface area contributed by atoms with Crippen LogP contribution in [-0.2, 0) is 16.1 Å². The molecule has 0 radical (unpaired) electrons. The van der Waals surface area contributed by atoms with Gasteiger partial charge in [-0.1, -0.05) is 18.2 Å². The fourth-order valence-corrected chi connectivity index (χ4v) is 4.20. The number of carbonyl (C=O) groups excluding carboxylic acids is 1. The summed E-state index contributed by atoms with van der Waals surface area (Å²) < 4.78 is 11.4. The number of benzene rings is 1. The molecule has 0 aliphatic carbocycles. The topological polar surface area (TPSA) is 42.0 Å². The monoisotopic (exact) mass is 330 g/mol. The molecule has 3 aliphatic heterocycles. The maximum absolute atomic E-state index is 12.8. The van der Waals surface area contributed by atoms with Gasteiger partial charge in [-0.2, -0.15) is 0 Å². The van der Waals surface area contributed by atoms with E-state index in [0.29, 0.717) is 13.2 Å². The SMILES string of the molecule is O=C(CN1CCOc2ccccc2C1)N1CCCC2(CCOC2)C1. The lowest BCUT2D eigenvalue weighted by atomic mass is 9.79. The number of carbonyl (C=O) groups is 1. The maximum atomic E-state index is 12.8. The van der Waals surface area contributed by atoms with Gasteiger partial charge in [0.15, 0.2) is 0 Å². The van der Waals surface area contributed by atoms with E-state index in [9.17, 15) is 4.79 Å². The van der Waals surface area contributed by atoms with Crippen LogP contribution in [0, 0.1) is 5.41 Å². The molecule has 1 unspecified atom stereocenters. The molecule has 130 valence electrons. The van der Waals surface area contributed by atoms with Gasteiger partial charge in [0, 0.05) is 43.8 Å². The summed E-state index contributed by atoms with van der Waals surface area (Å²) in [5, 5.41) is 0. The van der Waals surface area contributed by atoms with E-state index in [0.717, 1.165) is 58.0 Å². The van der Waals surface area contributed by atoms with E-state index in [1.54, 1.807) is 0 Å². The summed E-state index contributed by atoms with van der Waals surface area (Å²) >= 11 is 0. The van der Waals surface area contributed by atoms with Crippen molar-refractivity contribution in [1.82, 2.24) is 9.80 Å². The van der Waals surface area contributed by atoms with Crippen LogP contribution in [0.4, 0.5) is 0 Å². The highest BCUT2D eigenvalue weighted by molar-refractivity contribution is 5.78. The van der Waals surface area contributed by atoms with Crippen molar-refractivity contribution >= 4 is 5.91 Å². The van der Waals surface area contributed by atoms with E-state index in [4.69, 9.17) is 9.47 Å². The number of hydrogen-bond acceptors (Lipinski definition) is 4. The van der Waals surface area contributed by atoms with Gasteiger partial charge in [0.25, 0.3) is 0 Å². The van der Waals surface area contributed by atoms with Gasteiger partial charge in [0.2, 0.25) is 5.91 Å². The molecule has 3 aliphatic rings. The molecule has 1 amide bonds. The maximum Gasteiger partial charge on any atom is 0.236 e. The Kier molecular flexibility index (Phi) is 4.46. The molecular weight excluding hydrogens is 304 g/mol. The first-order valence-electron chi connectivity index (χ1n) is 9.03. The Labute approximate surface area is 143 Å². The van der Waals surface area contributed by atoms with Gasteiger partial charge in [-0.05, 0) is 25.3 Å². The van der Waals surface area contributed by atoms with E-state index in [-0.39, 0.29) is 11.3 Å². The Morgan fingerprint density at radius 2 is 2.08 bits per heavy atom. The minimum Gasteiger partial charge on any atom is -0.492 e. The molecule has 0 bridgehead atoms. The van der Waals surface area contributed by atoms with E-state index >= 15 is 0 Å². The van der Waals surface area contributed by atoms with Crippen molar-refractivity contribution in [2.24, 2.45) is 5.41 Å². The summed E-state index contributed by atoms with van der Waals surface area (Å²) in [5.41, 5.74) is 1.39. The Morgan fingerprint density at radius 1 is 1.17 bits per heavy atom. The fourth-order valence-electron chi connectivity index (χ4n) is 4.20. The zero-order chi connectivity index (χ0) is 16.4. The van der Waals surface area contributed by atoms with Crippen LogP contribution in [-0.4, -0.2) is 61.7 Å². The molecular formula is C19H26N2O3. The highest BCUT2D eigenvalue weighted by Crippen LogP contribution is 2.37. The molecule has 0 aromatic heterocycles. The molecule has 2 fully saturated rings. The lowest BCUT2D eigenvalue weighted by Gasteiger charge is -2.40. The first-order valence-corrected chi connectivity index (χ1v) is 9.03. The van der Waals surface area contributed by atoms with Crippen molar-refractivity contribution in [3.05, 3.63) is 29.8 Å². The van der Waals surface area contributed by atoms with Gasteiger partial charge in [-0.15, -0.1) is 0 Å². The number of para-hydroxylation sites is 1. The average Bonchev–Trinajstić information content (AvgIpc) is 2.93. The van der Waals surface area contributed by atoms with Crippen molar-refractivity contribution in [2.45, 2.75) is 25.8 Å². The van der Waals surface area contributed by atoms with Gasteiger partial charge < -0.3 is 14.4 Å². The standard InChI is InChI=1S/C19H26N2O3/c22-18(21-8-3-6-19(14-21)7-10-23-15-19)13-20-9-11-24-17-5-2-1-4-16(17)12-20/h1-2,4-5H,3,6-15H2. The summed E-state index contributed by atoms with van der Waals surface area (Å²) in [6.45, 7) is 6.13. The van der Waals surface area contributed by atoms with E-state index in [2.05, 4.69) is 15.9 Å². The van der Waals surface area contributed by atoms with Crippen molar-refractivity contribution in [3.63, 3.8) is 0 Å². The second-order valence-electron chi connectivity index (χ2n) is 7.39. The number of hydrogen-bond donors (Lipinski definition) is 0. The van der Waals surface area contributed by atoms with Gasteiger partial charge in [-0.3, -0.25) is 9.69 Å².